The summed E-state index contributed by atoms with van der Waals surface area (Å²) in [5, 5.41) is 6.89. The van der Waals surface area contributed by atoms with E-state index in [1.165, 1.54) is 12.8 Å². The lowest BCUT2D eigenvalue weighted by Gasteiger charge is -2.21. The van der Waals surface area contributed by atoms with Crippen LogP contribution in [0, 0.1) is 0 Å². The molecule has 42 heavy (non-hydrogen) atoms. The van der Waals surface area contributed by atoms with Crippen LogP contribution in [0.1, 0.15) is 108 Å². The maximum Gasteiger partial charge on any atom is 0.249 e. The van der Waals surface area contributed by atoms with Crippen molar-refractivity contribution < 1.29 is 9.59 Å². The molecule has 0 aliphatic carbocycles. The van der Waals surface area contributed by atoms with Crippen LogP contribution in [0.3, 0.4) is 0 Å². The number of thiocarbonyl (C=S) groups is 2. The Morgan fingerprint density at radius 3 is 1.29 bits per heavy atom. The lowest BCUT2D eigenvalue weighted by atomic mass is 9.97. The van der Waals surface area contributed by atoms with Crippen molar-refractivity contribution in [2.45, 2.75) is 78.1 Å². The monoisotopic (exact) mass is 602 g/mol. The lowest BCUT2D eigenvalue weighted by molar-refractivity contribution is 0.0991. The number of benzene rings is 3. The van der Waals surface area contributed by atoms with Gasteiger partial charge in [-0.05, 0) is 61.1 Å². The molecule has 3 aromatic rings. The first-order valence-electron chi connectivity index (χ1n) is 14.8. The maximum atomic E-state index is 12.1. The van der Waals surface area contributed by atoms with Crippen molar-refractivity contribution in [3.63, 3.8) is 0 Å². The Balaban J connectivity index is 2.03. The zero-order chi connectivity index (χ0) is 30.5. The molecule has 8 heteroatoms. The average Bonchev–Trinajstić information content (AvgIpc) is 2.98. The number of amides is 2. The van der Waals surface area contributed by atoms with Crippen LogP contribution in [0.25, 0.3) is 0 Å². The van der Waals surface area contributed by atoms with Gasteiger partial charge in [-0.1, -0.05) is 113 Å². The van der Waals surface area contributed by atoms with E-state index in [9.17, 15) is 9.59 Å². The second-order valence-electron chi connectivity index (χ2n) is 10.5. The Morgan fingerprint density at radius 2 is 0.952 bits per heavy atom. The third-order valence-corrected chi connectivity index (χ3v) is 7.94. The van der Waals surface area contributed by atoms with Gasteiger partial charge in [0.2, 0.25) is 11.8 Å². The van der Waals surface area contributed by atoms with Gasteiger partial charge in [0.05, 0.1) is 0 Å². The summed E-state index contributed by atoms with van der Waals surface area (Å²) in [6.45, 7) is 4.39. The molecule has 0 atom stereocenters. The van der Waals surface area contributed by atoms with Crippen LogP contribution in [0.5, 0.6) is 0 Å². The summed E-state index contributed by atoms with van der Waals surface area (Å²) in [6, 6.07) is 18.5. The highest BCUT2D eigenvalue weighted by Crippen LogP contribution is 2.30. The van der Waals surface area contributed by atoms with Gasteiger partial charge in [-0.3, -0.25) is 9.59 Å². The van der Waals surface area contributed by atoms with Crippen LogP contribution in [-0.2, 0) is 12.8 Å². The fourth-order valence-corrected chi connectivity index (χ4v) is 5.57. The Morgan fingerprint density at radius 1 is 0.595 bits per heavy atom. The fraction of sp³-hybridized carbons (Fsp3) is 0.353. The van der Waals surface area contributed by atoms with Crippen LogP contribution in [0.2, 0.25) is 0 Å². The molecule has 0 heterocycles. The minimum absolute atomic E-state index is 0.385. The first-order valence-corrected chi connectivity index (χ1v) is 15.6. The quantitative estimate of drug-likeness (QED) is 0.0988. The number of hydrogen-bond acceptors (Lipinski definition) is 4. The molecule has 0 spiro atoms. The van der Waals surface area contributed by atoms with Gasteiger partial charge in [-0.25, -0.2) is 0 Å². The highest BCUT2D eigenvalue weighted by Gasteiger charge is 2.18. The molecule has 3 rings (SSSR count). The Kier molecular flexibility index (Phi) is 13.1. The number of carbonyl (C=O) groups excluding carboxylic acids is 2. The second kappa shape index (κ2) is 16.7. The number of nitrogens with two attached hydrogens (primary N) is 2. The SMILES string of the molecule is CCCCCCc1cc(NC(=S)c2ccccc2C(N)=O)c(CCCCCC)cc1NC(=S)c1ccccc1C(N)=O. The van der Waals surface area contributed by atoms with Gasteiger partial charge >= 0.3 is 0 Å². The van der Waals surface area contributed by atoms with Gasteiger partial charge in [0.25, 0.3) is 0 Å². The molecule has 0 aliphatic rings. The number of hydrogen-bond donors (Lipinski definition) is 4. The fourth-order valence-electron chi connectivity index (χ4n) is 4.99. The van der Waals surface area contributed by atoms with Crippen LogP contribution >= 0.6 is 24.4 Å². The van der Waals surface area contributed by atoms with Crippen LogP contribution in [0.15, 0.2) is 60.7 Å². The molecule has 3 aromatic carbocycles. The normalized spacial score (nSPS) is 10.7. The minimum Gasteiger partial charge on any atom is -0.366 e. The molecule has 0 aliphatic heterocycles. The number of aryl methyl sites for hydroxylation is 2. The van der Waals surface area contributed by atoms with Gasteiger partial charge in [-0.15, -0.1) is 0 Å². The third kappa shape index (κ3) is 9.19. The summed E-state index contributed by atoms with van der Waals surface area (Å²) in [4.78, 5) is 25.1. The molecule has 0 radical (unpaired) electrons. The average molecular weight is 603 g/mol. The third-order valence-electron chi connectivity index (χ3n) is 7.30. The Labute approximate surface area is 260 Å². The molecule has 0 saturated heterocycles. The molecule has 0 saturated carbocycles. The van der Waals surface area contributed by atoms with Crippen molar-refractivity contribution in [2.75, 3.05) is 10.6 Å². The van der Waals surface area contributed by atoms with Crippen LogP contribution in [-0.4, -0.2) is 21.8 Å². The zero-order valence-electron chi connectivity index (χ0n) is 24.6. The van der Waals surface area contributed by atoms with Crippen molar-refractivity contribution in [2.24, 2.45) is 11.5 Å². The molecule has 6 N–H and O–H groups in total. The van der Waals surface area contributed by atoms with E-state index in [-0.39, 0.29) is 0 Å². The van der Waals surface area contributed by atoms with E-state index in [2.05, 4.69) is 36.6 Å². The first-order chi connectivity index (χ1) is 20.3. The number of carbonyl (C=O) groups is 2. The second-order valence-corrected chi connectivity index (χ2v) is 11.3. The van der Waals surface area contributed by atoms with E-state index >= 15 is 0 Å². The van der Waals surface area contributed by atoms with E-state index in [1.54, 1.807) is 24.3 Å². The highest BCUT2D eigenvalue weighted by molar-refractivity contribution is 7.81. The predicted molar refractivity (Wildman–Crippen MR) is 183 cm³/mol. The van der Waals surface area contributed by atoms with E-state index in [0.717, 1.165) is 73.9 Å². The van der Waals surface area contributed by atoms with Gasteiger partial charge in [0, 0.05) is 33.6 Å². The highest BCUT2D eigenvalue weighted by atomic mass is 32.1. The smallest absolute Gasteiger partial charge is 0.249 e. The topological polar surface area (TPSA) is 110 Å². The first kappa shape index (κ1) is 32.9. The van der Waals surface area contributed by atoms with Gasteiger partial charge < -0.3 is 22.1 Å². The summed E-state index contributed by atoms with van der Waals surface area (Å²) in [6.07, 6.45) is 10.6. The van der Waals surface area contributed by atoms with Crippen molar-refractivity contribution in [1.29, 1.82) is 0 Å². The number of primary amides is 2. The van der Waals surface area contributed by atoms with E-state index < -0.39 is 11.8 Å². The molecule has 2 amide bonds. The van der Waals surface area contributed by atoms with E-state index in [0.29, 0.717) is 32.2 Å². The molecular weight excluding hydrogens is 561 g/mol. The predicted octanol–water partition coefficient (Wildman–Crippen LogP) is 7.71. The van der Waals surface area contributed by atoms with Gasteiger partial charge in [0.15, 0.2) is 0 Å². The lowest BCUT2D eigenvalue weighted by Crippen LogP contribution is -2.21. The van der Waals surface area contributed by atoms with Crippen molar-refractivity contribution in [3.05, 3.63) is 94.0 Å². The summed E-state index contributed by atoms with van der Waals surface area (Å²) in [5.74, 6) is -1.04. The number of rotatable bonds is 16. The molecule has 0 aromatic heterocycles. The maximum absolute atomic E-state index is 12.1. The van der Waals surface area contributed by atoms with Crippen molar-refractivity contribution in [1.82, 2.24) is 0 Å². The summed E-state index contributed by atoms with van der Waals surface area (Å²) in [7, 11) is 0. The molecule has 0 bridgehead atoms. The number of unbranched alkanes of at least 4 members (excludes halogenated alkanes) is 6. The molecule has 0 fully saturated rings. The minimum atomic E-state index is -0.518. The molecule has 0 unspecified atom stereocenters. The molecule has 222 valence electrons. The Hall–Kier alpha value is -3.62. The van der Waals surface area contributed by atoms with Crippen LogP contribution in [0.4, 0.5) is 11.4 Å². The summed E-state index contributed by atoms with van der Waals surface area (Å²) < 4.78 is 0. The molecule has 6 nitrogen and oxygen atoms in total. The van der Waals surface area contributed by atoms with Crippen molar-refractivity contribution in [3.8, 4) is 0 Å². The Bertz CT molecular complexity index is 1310. The largest absolute Gasteiger partial charge is 0.366 e. The summed E-state index contributed by atoms with van der Waals surface area (Å²) >= 11 is 11.6. The standard InChI is InChI=1S/C34H42N4O2S2/c1-3-5-7-9-15-23-21-30(38-34(42)28-20-14-12-18-26(28)32(36)40)24(16-10-8-6-4-2)22-29(23)37-33(41)27-19-13-11-17-25(27)31(35)39/h11-14,17-22H,3-10,15-16H2,1-2H3,(H2,35,39)(H2,36,40)(H,37,41)(H,38,42). The number of anilines is 2. The van der Waals surface area contributed by atoms with Crippen molar-refractivity contribution >= 4 is 57.6 Å². The number of nitrogens with one attached hydrogen (secondary N) is 2. The van der Waals surface area contributed by atoms with E-state index in [4.69, 9.17) is 35.9 Å². The van der Waals surface area contributed by atoms with Gasteiger partial charge in [0.1, 0.15) is 9.98 Å². The zero-order valence-corrected chi connectivity index (χ0v) is 26.3. The molecular formula is C34H42N4O2S2. The van der Waals surface area contributed by atoms with Crippen LogP contribution < -0.4 is 22.1 Å². The van der Waals surface area contributed by atoms with E-state index in [1.807, 2.05) is 24.3 Å². The summed E-state index contributed by atoms with van der Waals surface area (Å²) in [5.41, 5.74) is 17.3. The van der Waals surface area contributed by atoms with Gasteiger partial charge in [-0.2, -0.15) is 0 Å².